The lowest BCUT2D eigenvalue weighted by Gasteiger charge is -2.10. The lowest BCUT2D eigenvalue weighted by Crippen LogP contribution is -2.14. The molecule has 0 radical (unpaired) electrons. The summed E-state index contributed by atoms with van der Waals surface area (Å²) in [5, 5.41) is 3.67. The molecule has 0 aromatic heterocycles. The highest BCUT2D eigenvalue weighted by molar-refractivity contribution is 5.80. The van der Waals surface area contributed by atoms with Crippen LogP contribution in [0.5, 0.6) is 11.5 Å². The lowest BCUT2D eigenvalue weighted by molar-refractivity contribution is -0.148. The molecular weight excluding hydrogens is 318 g/mol. The van der Waals surface area contributed by atoms with E-state index in [1.807, 2.05) is 0 Å². The van der Waals surface area contributed by atoms with Crippen molar-refractivity contribution in [2.75, 3.05) is 33.5 Å². The molecule has 8 nitrogen and oxygen atoms in total. The first kappa shape index (κ1) is 19.3. The standard InChI is InChI=1S/C16H21NO7/c1-4-21-15(18)10-23-13-7-6-12(8-14(13)20-3)9-17-24-11-16(19)22-5-2/h6-9H,4-5,10-11H2,1-3H3/b17-9-. The minimum absolute atomic E-state index is 0.208. The van der Waals surface area contributed by atoms with Crippen LogP contribution in [0.3, 0.4) is 0 Å². The zero-order valence-electron chi connectivity index (χ0n) is 13.9. The zero-order valence-corrected chi connectivity index (χ0v) is 13.9. The molecule has 132 valence electrons. The fourth-order valence-corrected chi connectivity index (χ4v) is 1.61. The van der Waals surface area contributed by atoms with Crippen LogP contribution < -0.4 is 9.47 Å². The van der Waals surface area contributed by atoms with Crippen molar-refractivity contribution < 1.29 is 33.4 Å². The summed E-state index contributed by atoms with van der Waals surface area (Å²) in [6.45, 7) is 3.54. The van der Waals surface area contributed by atoms with Gasteiger partial charge in [-0.3, -0.25) is 0 Å². The van der Waals surface area contributed by atoms with Gasteiger partial charge in [0.15, 0.2) is 18.1 Å². The fourth-order valence-electron chi connectivity index (χ4n) is 1.61. The second kappa shape index (κ2) is 10.9. The molecule has 0 saturated heterocycles. The minimum atomic E-state index is -0.491. The van der Waals surface area contributed by atoms with Gasteiger partial charge in [0.2, 0.25) is 6.61 Å². The summed E-state index contributed by atoms with van der Waals surface area (Å²) >= 11 is 0. The van der Waals surface area contributed by atoms with Gasteiger partial charge >= 0.3 is 11.9 Å². The number of hydrogen-bond acceptors (Lipinski definition) is 8. The molecular formula is C16H21NO7. The molecule has 1 rings (SSSR count). The Hall–Kier alpha value is -2.77. The van der Waals surface area contributed by atoms with Crippen LogP contribution in [0.4, 0.5) is 0 Å². The Morgan fingerprint density at radius 3 is 2.33 bits per heavy atom. The van der Waals surface area contributed by atoms with Gasteiger partial charge in [-0.05, 0) is 32.0 Å². The van der Waals surface area contributed by atoms with Crippen LogP contribution >= 0.6 is 0 Å². The average Bonchev–Trinajstić information content (AvgIpc) is 2.57. The number of carbonyl (C=O) groups excluding carboxylic acids is 2. The number of esters is 2. The molecule has 0 spiro atoms. The van der Waals surface area contributed by atoms with Crippen molar-refractivity contribution in [3.63, 3.8) is 0 Å². The molecule has 24 heavy (non-hydrogen) atoms. The molecule has 0 unspecified atom stereocenters. The third kappa shape index (κ3) is 6.99. The van der Waals surface area contributed by atoms with E-state index in [9.17, 15) is 9.59 Å². The summed E-state index contributed by atoms with van der Waals surface area (Å²) in [5.41, 5.74) is 0.666. The molecule has 0 atom stereocenters. The summed E-state index contributed by atoms with van der Waals surface area (Å²) in [5.74, 6) is -0.128. The number of nitrogens with zero attached hydrogens (tertiary/aromatic N) is 1. The largest absolute Gasteiger partial charge is 0.493 e. The van der Waals surface area contributed by atoms with Crippen molar-refractivity contribution in [3.05, 3.63) is 23.8 Å². The highest BCUT2D eigenvalue weighted by Gasteiger charge is 2.09. The molecule has 0 N–H and O–H groups in total. The van der Waals surface area contributed by atoms with Gasteiger partial charge < -0.3 is 23.8 Å². The van der Waals surface area contributed by atoms with Crippen molar-refractivity contribution in [1.29, 1.82) is 0 Å². The van der Waals surface area contributed by atoms with Crippen molar-refractivity contribution in [1.82, 2.24) is 0 Å². The normalized spacial score (nSPS) is 10.3. The third-order valence-corrected chi connectivity index (χ3v) is 2.60. The molecule has 8 heteroatoms. The molecule has 0 heterocycles. The van der Waals surface area contributed by atoms with E-state index < -0.39 is 11.9 Å². The highest BCUT2D eigenvalue weighted by Crippen LogP contribution is 2.27. The minimum Gasteiger partial charge on any atom is -0.493 e. The number of oxime groups is 1. The SMILES string of the molecule is CCOC(=O)CO/N=C\c1ccc(OCC(=O)OCC)c(OC)c1. The quantitative estimate of drug-likeness (QED) is 0.363. The summed E-state index contributed by atoms with van der Waals surface area (Å²) in [7, 11) is 1.48. The number of ether oxygens (including phenoxy) is 4. The maximum Gasteiger partial charge on any atom is 0.347 e. The van der Waals surface area contributed by atoms with Crippen molar-refractivity contribution >= 4 is 18.2 Å². The fraction of sp³-hybridized carbons (Fsp3) is 0.438. The summed E-state index contributed by atoms with van der Waals surface area (Å²) in [6, 6.07) is 4.97. The summed E-state index contributed by atoms with van der Waals surface area (Å²) < 4.78 is 20.0. The van der Waals surface area contributed by atoms with E-state index in [-0.39, 0.29) is 19.8 Å². The van der Waals surface area contributed by atoms with Gasteiger partial charge in [-0.2, -0.15) is 0 Å². The maximum absolute atomic E-state index is 11.3. The number of carbonyl (C=O) groups is 2. The predicted octanol–water partition coefficient (Wildman–Crippen LogP) is 1.55. The molecule has 1 aromatic rings. The predicted molar refractivity (Wildman–Crippen MR) is 85.3 cm³/mol. The van der Waals surface area contributed by atoms with Crippen LogP contribution in [0, 0.1) is 0 Å². The highest BCUT2D eigenvalue weighted by atomic mass is 16.6. The van der Waals surface area contributed by atoms with E-state index in [2.05, 4.69) is 5.16 Å². The average molecular weight is 339 g/mol. The van der Waals surface area contributed by atoms with Crippen molar-refractivity contribution in [2.45, 2.75) is 13.8 Å². The first-order chi connectivity index (χ1) is 11.6. The topological polar surface area (TPSA) is 92.7 Å². The van der Waals surface area contributed by atoms with Crippen LogP contribution in [0.2, 0.25) is 0 Å². The Morgan fingerprint density at radius 2 is 1.71 bits per heavy atom. The molecule has 0 amide bonds. The van der Waals surface area contributed by atoms with Crippen molar-refractivity contribution in [3.8, 4) is 11.5 Å². The van der Waals surface area contributed by atoms with Crippen LogP contribution in [0.15, 0.2) is 23.4 Å². The van der Waals surface area contributed by atoms with Gasteiger partial charge in [-0.15, -0.1) is 0 Å². The molecule has 0 aliphatic carbocycles. The number of methoxy groups -OCH3 is 1. The molecule has 0 bridgehead atoms. The Labute approximate surface area is 140 Å². The first-order valence-corrected chi connectivity index (χ1v) is 7.38. The second-order valence-electron chi connectivity index (χ2n) is 4.32. The van der Waals surface area contributed by atoms with Gasteiger partial charge in [0.1, 0.15) is 0 Å². The van der Waals surface area contributed by atoms with Crippen LogP contribution in [-0.4, -0.2) is 51.7 Å². The zero-order chi connectivity index (χ0) is 17.8. The Kier molecular flexibility index (Phi) is 8.73. The van der Waals surface area contributed by atoms with Crippen molar-refractivity contribution in [2.24, 2.45) is 5.16 Å². The number of hydrogen-bond donors (Lipinski definition) is 0. The Morgan fingerprint density at radius 1 is 1.04 bits per heavy atom. The van der Waals surface area contributed by atoms with E-state index in [1.165, 1.54) is 13.3 Å². The first-order valence-electron chi connectivity index (χ1n) is 7.38. The van der Waals surface area contributed by atoms with Gasteiger partial charge in [0, 0.05) is 5.56 Å². The van der Waals surface area contributed by atoms with Crippen LogP contribution in [-0.2, 0) is 23.9 Å². The maximum atomic E-state index is 11.3. The molecule has 0 fully saturated rings. The van der Waals surface area contributed by atoms with Gasteiger partial charge in [0.25, 0.3) is 0 Å². The molecule has 0 saturated carbocycles. The van der Waals surface area contributed by atoms with E-state index in [1.54, 1.807) is 32.0 Å². The van der Waals surface area contributed by atoms with Gasteiger partial charge in [-0.25, -0.2) is 9.59 Å². The molecule has 1 aromatic carbocycles. The smallest absolute Gasteiger partial charge is 0.347 e. The van der Waals surface area contributed by atoms with Gasteiger partial charge in [0.05, 0.1) is 26.5 Å². The van der Waals surface area contributed by atoms with Gasteiger partial charge in [-0.1, -0.05) is 5.16 Å². The number of benzene rings is 1. The monoisotopic (exact) mass is 339 g/mol. The summed E-state index contributed by atoms with van der Waals surface area (Å²) in [6.07, 6.45) is 1.41. The van der Waals surface area contributed by atoms with E-state index >= 15 is 0 Å². The second-order valence-corrected chi connectivity index (χ2v) is 4.32. The molecule has 0 aliphatic rings. The van der Waals surface area contributed by atoms with Crippen LogP contribution in [0.1, 0.15) is 19.4 Å². The third-order valence-electron chi connectivity index (χ3n) is 2.60. The number of rotatable bonds is 10. The van der Waals surface area contributed by atoms with E-state index in [4.69, 9.17) is 23.8 Å². The van der Waals surface area contributed by atoms with E-state index in [0.717, 1.165) is 0 Å². The van der Waals surface area contributed by atoms with Crippen LogP contribution in [0.25, 0.3) is 0 Å². The van der Waals surface area contributed by atoms with E-state index in [0.29, 0.717) is 23.7 Å². The molecule has 0 aliphatic heterocycles. The Bertz CT molecular complexity index is 572. The lowest BCUT2D eigenvalue weighted by atomic mass is 10.2. The summed E-state index contributed by atoms with van der Waals surface area (Å²) in [4.78, 5) is 27.2. The Balaban J connectivity index is 2.59.